The summed E-state index contributed by atoms with van der Waals surface area (Å²) in [4.78, 5) is 35.5. The van der Waals surface area contributed by atoms with Crippen LogP contribution in [0.5, 0.6) is 0 Å². The molecule has 0 aliphatic carbocycles. The molecular weight excluding hydrogens is 584 g/mol. The molecule has 1 N–H and O–H groups in total. The van der Waals surface area contributed by atoms with Gasteiger partial charge in [0.05, 0.1) is 47.5 Å². The number of hydrogen-bond acceptors (Lipinski definition) is 7. The minimum absolute atomic E-state index is 0.129. The minimum Gasteiger partial charge on any atom is -0.323 e. The molecule has 11 nitrogen and oxygen atoms in total. The maximum atomic E-state index is 16.0. The molecule has 0 saturated carbocycles. The number of aryl methyl sites for hydroxylation is 1. The topological polar surface area (TPSA) is 125 Å². The van der Waals surface area contributed by atoms with Gasteiger partial charge in [0.15, 0.2) is 5.15 Å². The van der Waals surface area contributed by atoms with E-state index >= 15 is 4.39 Å². The second-order valence-corrected chi connectivity index (χ2v) is 10.9. The van der Waals surface area contributed by atoms with E-state index < -0.39 is 17.4 Å². The molecule has 42 heavy (non-hydrogen) atoms. The Balaban J connectivity index is 1.47. The van der Waals surface area contributed by atoms with E-state index in [1.165, 1.54) is 27.8 Å². The number of amides is 1. The van der Waals surface area contributed by atoms with E-state index in [-0.39, 0.29) is 28.2 Å². The van der Waals surface area contributed by atoms with Crippen molar-refractivity contribution >= 4 is 34.8 Å². The van der Waals surface area contributed by atoms with Gasteiger partial charge in [-0.3, -0.25) is 23.8 Å². The summed E-state index contributed by atoms with van der Waals surface area (Å²) in [6, 6.07) is 7.69. The molecule has 6 rings (SSSR count). The van der Waals surface area contributed by atoms with E-state index in [2.05, 4.69) is 30.7 Å². The van der Waals surface area contributed by atoms with E-state index in [4.69, 9.17) is 23.2 Å². The number of fused-ring (bicyclic) bond motifs is 4. The molecule has 1 aliphatic heterocycles. The highest BCUT2D eigenvalue weighted by molar-refractivity contribution is 6.31. The molecule has 0 saturated heterocycles. The predicted octanol–water partition coefficient (Wildman–Crippen LogP) is 5.08. The number of anilines is 1. The van der Waals surface area contributed by atoms with Crippen molar-refractivity contribution in [2.24, 2.45) is 13.0 Å². The minimum atomic E-state index is -1.06. The smallest absolute Gasteiger partial charge is 0.290 e. The molecule has 4 aromatic heterocycles. The number of halogens is 3. The highest BCUT2D eigenvalue weighted by atomic mass is 35.5. The Morgan fingerprint density at radius 2 is 1.93 bits per heavy atom. The van der Waals surface area contributed by atoms with Crippen LogP contribution < -0.4 is 10.9 Å². The lowest BCUT2D eigenvalue weighted by molar-refractivity contribution is -0.119. The van der Waals surface area contributed by atoms with Crippen molar-refractivity contribution in [1.29, 1.82) is 0 Å². The Hall–Kier alpha value is -4.42. The summed E-state index contributed by atoms with van der Waals surface area (Å²) in [5.41, 5.74) is 2.11. The molecule has 1 aromatic carbocycles. The van der Waals surface area contributed by atoms with Crippen LogP contribution in [0.25, 0.3) is 28.2 Å². The summed E-state index contributed by atoms with van der Waals surface area (Å²) in [5, 5.41) is 15.5. The van der Waals surface area contributed by atoms with Gasteiger partial charge in [-0.05, 0) is 43.2 Å². The molecule has 0 fully saturated rings. The zero-order valence-electron chi connectivity index (χ0n) is 22.5. The Morgan fingerprint density at radius 1 is 1.10 bits per heavy atom. The third-order valence-electron chi connectivity index (χ3n) is 7.36. The fraction of sp³-hybridized carbons (Fsp3) is 0.250. The van der Waals surface area contributed by atoms with Crippen LogP contribution in [0.2, 0.25) is 10.2 Å². The second kappa shape index (κ2) is 11.1. The fourth-order valence-corrected chi connectivity index (χ4v) is 5.49. The summed E-state index contributed by atoms with van der Waals surface area (Å²) in [6.45, 7) is 1.84. The number of nitrogens with one attached hydrogen (secondary N) is 1. The second-order valence-electron chi connectivity index (χ2n) is 10.1. The summed E-state index contributed by atoms with van der Waals surface area (Å²) < 4.78 is 20.2. The van der Waals surface area contributed by atoms with E-state index in [0.717, 1.165) is 5.56 Å². The number of benzene rings is 1. The van der Waals surface area contributed by atoms with Gasteiger partial charge in [0.25, 0.3) is 5.56 Å². The Bertz CT molecular complexity index is 1880. The first kappa shape index (κ1) is 27.7. The molecule has 1 amide bonds. The summed E-state index contributed by atoms with van der Waals surface area (Å²) >= 11 is 12.2. The molecule has 0 spiro atoms. The van der Waals surface area contributed by atoms with Crippen molar-refractivity contribution in [1.82, 2.24) is 39.3 Å². The molecule has 2 bridgehead atoms. The van der Waals surface area contributed by atoms with Crippen molar-refractivity contribution in [3.8, 4) is 28.2 Å². The van der Waals surface area contributed by atoms with Crippen LogP contribution in [0.4, 0.5) is 10.1 Å². The highest BCUT2D eigenvalue weighted by Gasteiger charge is 2.26. The van der Waals surface area contributed by atoms with Crippen LogP contribution in [0, 0.1) is 11.7 Å². The number of aromatic nitrogens is 8. The first-order valence-corrected chi connectivity index (χ1v) is 13.9. The molecule has 5 heterocycles. The molecule has 0 unspecified atom stereocenters. The van der Waals surface area contributed by atoms with Gasteiger partial charge < -0.3 is 5.32 Å². The number of hydrogen-bond donors (Lipinski definition) is 1. The van der Waals surface area contributed by atoms with Gasteiger partial charge in [-0.1, -0.05) is 41.8 Å². The number of carbonyl (C=O) groups excluding carboxylic acids is 1. The average Bonchev–Trinajstić information content (AvgIpc) is 3.57. The fourth-order valence-electron chi connectivity index (χ4n) is 5.20. The van der Waals surface area contributed by atoms with E-state index in [0.29, 0.717) is 47.0 Å². The van der Waals surface area contributed by atoms with Crippen molar-refractivity contribution in [3.05, 3.63) is 87.3 Å². The molecule has 5 aromatic rings. The third kappa shape index (κ3) is 5.07. The standard InChI is InChI=1S/C28H24Cl2FN9O2/c1-15-4-3-5-22(19-10-16(8-9-32-19)26-20(35-27(15)41)12-34-38(26)2)39-14-33-25(24(31)28(39)42)18-11-17(29)6-7-21(18)40-13-23(30)36-37-40/h6-15,22H,3-5H2,1-2H3,(H,35,41)/t15-,22+/m1/s1. The monoisotopic (exact) mass is 607 g/mol. The lowest BCUT2D eigenvalue weighted by atomic mass is 9.97. The normalized spacial score (nSPS) is 17.2. The molecular formula is C28H24Cl2FN9O2. The maximum absolute atomic E-state index is 16.0. The maximum Gasteiger partial charge on any atom is 0.290 e. The number of carbonyl (C=O) groups is 1. The zero-order valence-corrected chi connectivity index (χ0v) is 24.0. The SMILES string of the molecule is C[C@@H]1CCC[C@H](n2cnc(-c3cc(Cl)ccc3-n3cc(Cl)nn3)c(F)c2=O)c2cc(ccn2)-c2c(cnn2C)NC1=O. The van der Waals surface area contributed by atoms with Crippen LogP contribution in [0.1, 0.15) is 37.9 Å². The van der Waals surface area contributed by atoms with Gasteiger partial charge in [0, 0.05) is 35.3 Å². The predicted molar refractivity (Wildman–Crippen MR) is 155 cm³/mol. The quantitative estimate of drug-likeness (QED) is 0.303. The van der Waals surface area contributed by atoms with Gasteiger partial charge in [0.1, 0.15) is 5.69 Å². The number of nitrogens with zero attached hydrogens (tertiary/aromatic N) is 8. The van der Waals surface area contributed by atoms with Crippen molar-refractivity contribution in [3.63, 3.8) is 0 Å². The highest BCUT2D eigenvalue weighted by Crippen LogP contribution is 2.33. The van der Waals surface area contributed by atoms with E-state index in [9.17, 15) is 9.59 Å². The molecule has 0 radical (unpaired) electrons. The van der Waals surface area contributed by atoms with Gasteiger partial charge in [0.2, 0.25) is 11.7 Å². The van der Waals surface area contributed by atoms with Crippen LogP contribution in [0.15, 0.2) is 60.0 Å². The van der Waals surface area contributed by atoms with Gasteiger partial charge in [-0.25, -0.2) is 9.67 Å². The van der Waals surface area contributed by atoms with Crippen LogP contribution in [0.3, 0.4) is 0 Å². The van der Waals surface area contributed by atoms with Crippen LogP contribution in [-0.2, 0) is 11.8 Å². The Labute approximate surface area is 248 Å². The van der Waals surface area contributed by atoms with Crippen LogP contribution in [-0.4, -0.2) is 45.2 Å². The lowest BCUT2D eigenvalue weighted by Gasteiger charge is -2.22. The summed E-state index contributed by atoms with van der Waals surface area (Å²) in [5.74, 6) is -1.49. The van der Waals surface area contributed by atoms with Gasteiger partial charge >= 0.3 is 0 Å². The average molecular weight is 608 g/mol. The first-order chi connectivity index (χ1) is 20.2. The van der Waals surface area contributed by atoms with Crippen LogP contribution >= 0.6 is 23.2 Å². The van der Waals surface area contributed by atoms with E-state index in [1.807, 2.05) is 13.0 Å². The summed E-state index contributed by atoms with van der Waals surface area (Å²) in [6.07, 6.45) is 7.53. The zero-order chi connectivity index (χ0) is 29.5. The Kier molecular flexibility index (Phi) is 7.33. The molecule has 14 heteroatoms. The first-order valence-electron chi connectivity index (χ1n) is 13.1. The van der Waals surface area contributed by atoms with Gasteiger partial charge in [-0.15, -0.1) is 5.10 Å². The van der Waals surface area contributed by atoms with Crippen molar-refractivity contribution in [2.75, 3.05) is 5.32 Å². The van der Waals surface area contributed by atoms with E-state index in [1.54, 1.807) is 42.3 Å². The van der Waals surface area contributed by atoms with Crippen molar-refractivity contribution in [2.45, 2.75) is 32.2 Å². The number of rotatable bonds is 3. The number of pyridine rings is 1. The Morgan fingerprint density at radius 3 is 2.71 bits per heavy atom. The third-order valence-corrected chi connectivity index (χ3v) is 7.77. The molecule has 214 valence electrons. The van der Waals surface area contributed by atoms with Gasteiger partial charge in [-0.2, -0.15) is 9.49 Å². The molecule has 1 aliphatic rings. The lowest BCUT2D eigenvalue weighted by Crippen LogP contribution is -2.30. The van der Waals surface area contributed by atoms with Crippen molar-refractivity contribution < 1.29 is 9.18 Å². The summed E-state index contributed by atoms with van der Waals surface area (Å²) in [7, 11) is 1.78. The largest absolute Gasteiger partial charge is 0.323 e. The molecule has 2 atom stereocenters.